The maximum atomic E-state index is 11.5. The van der Waals surface area contributed by atoms with Crippen molar-refractivity contribution in [2.24, 2.45) is 5.92 Å². The number of hydrogen-bond acceptors (Lipinski definition) is 2. The second-order valence-electron chi connectivity index (χ2n) is 4.25. The van der Waals surface area contributed by atoms with Crippen LogP contribution in [0.3, 0.4) is 0 Å². The van der Waals surface area contributed by atoms with Crippen LogP contribution in [0.15, 0.2) is 0 Å². The third-order valence-electron chi connectivity index (χ3n) is 2.25. The minimum absolute atomic E-state index is 0.0388. The number of carboxylic acid groups (broad SMARTS) is 1. The number of hydrogen-bond donors (Lipinski definition) is 1. The first-order valence-corrected chi connectivity index (χ1v) is 5.39. The van der Waals surface area contributed by atoms with Gasteiger partial charge in [-0.2, -0.15) is 0 Å². The molecule has 88 valence electrons. The van der Waals surface area contributed by atoms with Crippen LogP contribution in [-0.4, -0.2) is 35.5 Å². The van der Waals surface area contributed by atoms with Gasteiger partial charge in [0.2, 0.25) is 5.91 Å². The molecule has 0 rings (SSSR count). The number of carbonyl (C=O) groups is 2. The molecule has 0 spiro atoms. The van der Waals surface area contributed by atoms with E-state index in [4.69, 9.17) is 5.11 Å². The highest BCUT2D eigenvalue weighted by Crippen LogP contribution is 2.04. The Morgan fingerprint density at radius 2 is 1.87 bits per heavy atom. The van der Waals surface area contributed by atoms with E-state index in [-0.39, 0.29) is 12.3 Å². The molecule has 1 N–H and O–H groups in total. The molecule has 0 saturated heterocycles. The van der Waals surface area contributed by atoms with Gasteiger partial charge >= 0.3 is 5.97 Å². The number of amides is 1. The highest BCUT2D eigenvalue weighted by Gasteiger charge is 2.09. The van der Waals surface area contributed by atoms with Crippen LogP contribution < -0.4 is 0 Å². The van der Waals surface area contributed by atoms with Gasteiger partial charge in [0, 0.05) is 26.4 Å². The smallest absolute Gasteiger partial charge is 0.303 e. The van der Waals surface area contributed by atoms with Crippen molar-refractivity contribution >= 4 is 11.9 Å². The van der Waals surface area contributed by atoms with Crippen LogP contribution in [0.4, 0.5) is 0 Å². The average Bonchev–Trinajstić information content (AvgIpc) is 2.13. The summed E-state index contributed by atoms with van der Waals surface area (Å²) in [5.41, 5.74) is 0. The molecule has 0 radical (unpaired) electrons. The zero-order valence-electron chi connectivity index (χ0n) is 9.82. The molecule has 0 saturated carbocycles. The molecule has 0 aromatic heterocycles. The largest absolute Gasteiger partial charge is 0.481 e. The van der Waals surface area contributed by atoms with Crippen molar-refractivity contribution in [1.82, 2.24) is 4.90 Å². The fourth-order valence-corrected chi connectivity index (χ4v) is 1.16. The summed E-state index contributed by atoms with van der Waals surface area (Å²) in [5, 5.41) is 8.42. The highest BCUT2D eigenvalue weighted by atomic mass is 16.4. The predicted molar refractivity (Wildman–Crippen MR) is 58.6 cm³/mol. The summed E-state index contributed by atoms with van der Waals surface area (Å²) in [6, 6.07) is 0. The lowest BCUT2D eigenvalue weighted by molar-refractivity contribution is -0.137. The van der Waals surface area contributed by atoms with Gasteiger partial charge in [-0.3, -0.25) is 9.59 Å². The van der Waals surface area contributed by atoms with Crippen molar-refractivity contribution in [3.8, 4) is 0 Å². The first-order chi connectivity index (χ1) is 6.93. The standard InChI is InChI=1S/C11H21NO3/c1-9(2)7-8-12(3)10(13)5-4-6-11(14)15/h9H,4-8H2,1-3H3,(H,14,15). The zero-order valence-corrected chi connectivity index (χ0v) is 9.82. The Balaban J connectivity index is 3.64. The number of carbonyl (C=O) groups excluding carboxylic acids is 1. The van der Waals surface area contributed by atoms with Crippen LogP contribution >= 0.6 is 0 Å². The van der Waals surface area contributed by atoms with E-state index in [0.717, 1.165) is 13.0 Å². The molecule has 4 nitrogen and oxygen atoms in total. The van der Waals surface area contributed by atoms with Gasteiger partial charge in [-0.15, -0.1) is 0 Å². The first-order valence-electron chi connectivity index (χ1n) is 5.39. The van der Waals surface area contributed by atoms with E-state index in [1.54, 1.807) is 11.9 Å². The predicted octanol–water partition coefficient (Wildman–Crippen LogP) is 1.75. The van der Waals surface area contributed by atoms with E-state index in [1.807, 2.05) is 0 Å². The Labute approximate surface area is 91.3 Å². The van der Waals surface area contributed by atoms with E-state index in [9.17, 15) is 9.59 Å². The summed E-state index contributed by atoms with van der Waals surface area (Å²) in [5.74, 6) is -0.219. The monoisotopic (exact) mass is 215 g/mol. The lowest BCUT2D eigenvalue weighted by Crippen LogP contribution is -2.28. The van der Waals surface area contributed by atoms with Gasteiger partial charge in [0.05, 0.1) is 0 Å². The van der Waals surface area contributed by atoms with Crippen LogP contribution in [0.2, 0.25) is 0 Å². The van der Waals surface area contributed by atoms with E-state index in [0.29, 0.717) is 18.8 Å². The van der Waals surface area contributed by atoms with Gasteiger partial charge in [0.15, 0.2) is 0 Å². The van der Waals surface area contributed by atoms with Crippen molar-refractivity contribution in [3.05, 3.63) is 0 Å². The highest BCUT2D eigenvalue weighted by molar-refractivity contribution is 5.76. The summed E-state index contributed by atoms with van der Waals surface area (Å²) in [6.07, 6.45) is 1.83. The Bertz CT molecular complexity index is 214. The van der Waals surface area contributed by atoms with E-state index < -0.39 is 5.97 Å². The average molecular weight is 215 g/mol. The Morgan fingerprint density at radius 3 is 2.33 bits per heavy atom. The molecule has 0 aromatic carbocycles. The maximum absolute atomic E-state index is 11.5. The lowest BCUT2D eigenvalue weighted by Gasteiger charge is -2.18. The van der Waals surface area contributed by atoms with Gasteiger partial charge < -0.3 is 10.0 Å². The SMILES string of the molecule is CC(C)CCN(C)C(=O)CCCC(=O)O. The quantitative estimate of drug-likeness (QED) is 0.703. The molecule has 4 heteroatoms. The topological polar surface area (TPSA) is 57.6 Å². The molecule has 0 atom stereocenters. The van der Waals surface area contributed by atoms with E-state index in [1.165, 1.54) is 0 Å². The van der Waals surface area contributed by atoms with Crippen molar-refractivity contribution in [1.29, 1.82) is 0 Å². The van der Waals surface area contributed by atoms with Crippen molar-refractivity contribution in [2.45, 2.75) is 39.5 Å². The summed E-state index contributed by atoms with van der Waals surface area (Å²) < 4.78 is 0. The van der Waals surface area contributed by atoms with Crippen molar-refractivity contribution in [3.63, 3.8) is 0 Å². The van der Waals surface area contributed by atoms with E-state index >= 15 is 0 Å². The van der Waals surface area contributed by atoms with Crippen LogP contribution in [0.25, 0.3) is 0 Å². The van der Waals surface area contributed by atoms with Crippen molar-refractivity contribution < 1.29 is 14.7 Å². The number of nitrogens with zero attached hydrogens (tertiary/aromatic N) is 1. The fourth-order valence-electron chi connectivity index (χ4n) is 1.16. The normalized spacial score (nSPS) is 10.4. The van der Waals surface area contributed by atoms with Gasteiger partial charge in [-0.25, -0.2) is 0 Å². The second-order valence-corrected chi connectivity index (χ2v) is 4.25. The molecule has 0 aliphatic carbocycles. The van der Waals surface area contributed by atoms with Crippen molar-refractivity contribution in [2.75, 3.05) is 13.6 Å². The molecule has 15 heavy (non-hydrogen) atoms. The molecule has 0 unspecified atom stereocenters. The van der Waals surface area contributed by atoms with Gasteiger partial charge in [-0.05, 0) is 18.8 Å². The summed E-state index contributed by atoms with van der Waals surface area (Å²) in [7, 11) is 1.77. The number of aliphatic carboxylic acids is 1. The molecule has 0 heterocycles. The molecule has 0 aliphatic rings. The molecule has 0 aliphatic heterocycles. The van der Waals surface area contributed by atoms with Crippen LogP contribution in [0.5, 0.6) is 0 Å². The maximum Gasteiger partial charge on any atom is 0.303 e. The zero-order chi connectivity index (χ0) is 11.8. The number of rotatable bonds is 7. The number of carboxylic acids is 1. The van der Waals surface area contributed by atoms with E-state index in [2.05, 4.69) is 13.8 Å². The van der Waals surface area contributed by atoms with Gasteiger partial charge in [0.25, 0.3) is 0 Å². The summed E-state index contributed by atoms with van der Waals surface area (Å²) in [4.78, 5) is 23.4. The molecule has 0 aromatic rings. The minimum atomic E-state index is -0.840. The third-order valence-corrected chi connectivity index (χ3v) is 2.25. The van der Waals surface area contributed by atoms with Crippen LogP contribution in [0.1, 0.15) is 39.5 Å². The van der Waals surface area contributed by atoms with Crippen LogP contribution in [0, 0.1) is 5.92 Å². The molecule has 0 bridgehead atoms. The Kier molecular flexibility index (Phi) is 6.75. The second kappa shape index (κ2) is 7.26. The fraction of sp³-hybridized carbons (Fsp3) is 0.818. The van der Waals surface area contributed by atoms with Gasteiger partial charge in [0.1, 0.15) is 0 Å². The molecule has 0 fully saturated rings. The van der Waals surface area contributed by atoms with Gasteiger partial charge in [-0.1, -0.05) is 13.8 Å². The molecular formula is C11H21NO3. The summed E-state index contributed by atoms with van der Waals surface area (Å²) >= 11 is 0. The third kappa shape index (κ3) is 7.97. The van der Waals surface area contributed by atoms with Crippen LogP contribution in [-0.2, 0) is 9.59 Å². The minimum Gasteiger partial charge on any atom is -0.481 e. The Morgan fingerprint density at radius 1 is 1.27 bits per heavy atom. The molecular weight excluding hydrogens is 194 g/mol. The lowest BCUT2D eigenvalue weighted by atomic mass is 10.1. The molecule has 1 amide bonds. The first kappa shape index (κ1) is 13.9. The summed E-state index contributed by atoms with van der Waals surface area (Å²) in [6.45, 7) is 4.98. The Hall–Kier alpha value is -1.06.